The highest BCUT2D eigenvalue weighted by Gasteiger charge is 2.27. The number of nitrogens with zero attached hydrogens (tertiary/aromatic N) is 4. The van der Waals surface area contributed by atoms with Crippen LogP contribution < -0.4 is 5.56 Å². The van der Waals surface area contributed by atoms with Crippen LogP contribution in [-0.4, -0.2) is 37.5 Å². The van der Waals surface area contributed by atoms with E-state index in [-0.39, 0.29) is 11.6 Å². The maximum Gasteiger partial charge on any atom is 0.251 e. The average Bonchev–Trinajstić information content (AvgIpc) is 3.02. The van der Waals surface area contributed by atoms with Crippen molar-refractivity contribution >= 4 is 0 Å². The third-order valence-corrected chi connectivity index (χ3v) is 4.72. The molecule has 124 valence electrons. The second-order valence-corrected chi connectivity index (χ2v) is 6.34. The fraction of sp³-hybridized carbons (Fsp3) is 0.588. The highest BCUT2D eigenvalue weighted by atomic mass is 16.1. The standard InChI is InChI=1S/C17H25N5O/c1-4-15-18-7-9-22(15)14-6-5-8-21(11-14)13(3)17-19-12(2)10-16(23)20-17/h7,9-10,13-14H,4-6,8,11H2,1-3H3,(H,19,20,23). The Balaban J connectivity index is 1.79. The Hall–Kier alpha value is -1.95. The highest BCUT2D eigenvalue weighted by molar-refractivity contribution is 5.04. The zero-order valence-corrected chi connectivity index (χ0v) is 14.1. The monoisotopic (exact) mass is 315 g/mol. The van der Waals surface area contributed by atoms with Gasteiger partial charge in [-0.3, -0.25) is 9.69 Å². The Bertz CT molecular complexity index is 720. The van der Waals surface area contributed by atoms with Crippen molar-refractivity contribution in [3.63, 3.8) is 0 Å². The zero-order valence-electron chi connectivity index (χ0n) is 14.1. The van der Waals surface area contributed by atoms with Gasteiger partial charge in [0.15, 0.2) is 0 Å². The lowest BCUT2D eigenvalue weighted by molar-refractivity contribution is 0.128. The fourth-order valence-electron chi connectivity index (χ4n) is 3.49. The van der Waals surface area contributed by atoms with Gasteiger partial charge in [0.2, 0.25) is 0 Å². The van der Waals surface area contributed by atoms with Crippen molar-refractivity contribution in [1.29, 1.82) is 0 Å². The van der Waals surface area contributed by atoms with Gasteiger partial charge < -0.3 is 9.55 Å². The molecule has 0 aromatic carbocycles. The Morgan fingerprint density at radius 1 is 1.48 bits per heavy atom. The number of aryl methyl sites for hydroxylation is 2. The predicted octanol–water partition coefficient (Wildman–Crippen LogP) is 2.24. The van der Waals surface area contributed by atoms with Crippen LogP contribution in [0.3, 0.4) is 0 Å². The molecule has 1 N–H and O–H groups in total. The van der Waals surface area contributed by atoms with Crippen molar-refractivity contribution in [1.82, 2.24) is 24.4 Å². The Morgan fingerprint density at radius 2 is 2.30 bits per heavy atom. The van der Waals surface area contributed by atoms with Gasteiger partial charge in [0.25, 0.3) is 5.56 Å². The van der Waals surface area contributed by atoms with Crippen molar-refractivity contribution in [3.05, 3.63) is 46.2 Å². The molecule has 1 aliphatic heterocycles. The van der Waals surface area contributed by atoms with Crippen LogP contribution in [0.5, 0.6) is 0 Å². The maximum atomic E-state index is 11.7. The van der Waals surface area contributed by atoms with Gasteiger partial charge in [0, 0.05) is 43.2 Å². The topological polar surface area (TPSA) is 66.8 Å². The summed E-state index contributed by atoms with van der Waals surface area (Å²) < 4.78 is 2.31. The number of aromatic amines is 1. The number of H-pyrrole nitrogens is 1. The molecule has 0 amide bonds. The molecule has 1 aliphatic rings. The molecule has 2 unspecified atom stereocenters. The molecule has 2 atom stereocenters. The van der Waals surface area contributed by atoms with E-state index in [1.54, 1.807) is 0 Å². The van der Waals surface area contributed by atoms with Gasteiger partial charge in [-0.15, -0.1) is 0 Å². The van der Waals surface area contributed by atoms with Crippen LogP contribution in [0.25, 0.3) is 0 Å². The first kappa shape index (κ1) is 15.9. The lowest BCUT2D eigenvalue weighted by atomic mass is 10.0. The molecule has 1 fully saturated rings. The minimum atomic E-state index is -0.0733. The molecule has 6 nitrogen and oxygen atoms in total. The molecule has 2 aromatic heterocycles. The van der Waals surface area contributed by atoms with Crippen LogP contribution in [-0.2, 0) is 6.42 Å². The van der Waals surface area contributed by atoms with E-state index in [9.17, 15) is 4.79 Å². The fourth-order valence-corrected chi connectivity index (χ4v) is 3.49. The average molecular weight is 315 g/mol. The second kappa shape index (κ2) is 6.66. The molecule has 3 rings (SSSR count). The van der Waals surface area contributed by atoms with E-state index in [0.29, 0.717) is 6.04 Å². The van der Waals surface area contributed by atoms with Gasteiger partial charge in [-0.1, -0.05) is 6.92 Å². The van der Waals surface area contributed by atoms with E-state index in [4.69, 9.17) is 0 Å². The third-order valence-electron chi connectivity index (χ3n) is 4.72. The van der Waals surface area contributed by atoms with Crippen molar-refractivity contribution in [3.8, 4) is 0 Å². The molecular formula is C17H25N5O. The number of nitrogens with one attached hydrogen (secondary N) is 1. The Labute approximate surface area is 136 Å². The number of hydrogen-bond donors (Lipinski definition) is 1. The number of aromatic nitrogens is 4. The highest BCUT2D eigenvalue weighted by Crippen LogP contribution is 2.28. The molecule has 0 saturated carbocycles. The minimum Gasteiger partial charge on any atom is -0.331 e. The van der Waals surface area contributed by atoms with Crippen LogP contribution in [0, 0.1) is 6.92 Å². The van der Waals surface area contributed by atoms with Gasteiger partial charge in [-0.25, -0.2) is 9.97 Å². The Morgan fingerprint density at radius 3 is 3.04 bits per heavy atom. The van der Waals surface area contributed by atoms with Crippen molar-refractivity contribution in [2.24, 2.45) is 0 Å². The quantitative estimate of drug-likeness (QED) is 0.939. The van der Waals surface area contributed by atoms with E-state index in [0.717, 1.165) is 43.3 Å². The van der Waals surface area contributed by atoms with Gasteiger partial charge >= 0.3 is 0 Å². The molecule has 3 heterocycles. The maximum absolute atomic E-state index is 11.7. The van der Waals surface area contributed by atoms with Crippen LogP contribution in [0.2, 0.25) is 0 Å². The van der Waals surface area contributed by atoms with Crippen LogP contribution in [0.1, 0.15) is 56.1 Å². The lowest BCUT2D eigenvalue weighted by Crippen LogP contribution is -2.39. The molecule has 0 bridgehead atoms. The number of piperidine rings is 1. The van der Waals surface area contributed by atoms with Crippen LogP contribution in [0.15, 0.2) is 23.3 Å². The number of imidazole rings is 1. The van der Waals surface area contributed by atoms with Gasteiger partial charge in [-0.05, 0) is 33.2 Å². The summed E-state index contributed by atoms with van der Waals surface area (Å²) in [5, 5.41) is 0. The summed E-state index contributed by atoms with van der Waals surface area (Å²) in [7, 11) is 0. The molecule has 0 aliphatic carbocycles. The van der Waals surface area contributed by atoms with Gasteiger partial charge in [0.05, 0.1) is 6.04 Å². The molecule has 0 spiro atoms. The number of hydrogen-bond acceptors (Lipinski definition) is 4. The molecule has 2 aromatic rings. The summed E-state index contributed by atoms with van der Waals surface area (Å²) in [5.74, 6) is 1.91. The van der Waals surface area contributed by atoms with E-state index in [2.05, 4.69) is 44.5 Å². The van der Waals surface area contributed by atoms with Crippen molar-refractivity contribution < 1.29 is 0 Å². The van der Waals surface area contributed by atoms with Crippen LogP contribution in [0.4, 0.5) is 0 Å². The molecule has 1 saturated heterocycles. The first-order chi connectivity index (χ1) is 11.1. The summed E-state index contributed by atoms with van der Waals surface area (Å²) in [6.45, 7) is 8.12. The summed E-state index contributed by atoms with van der Waals surface area (Å²) in [6, 6.07) is 2.09. The SMILES string of the molecule is CCc1nccn1C1CCCN(C(C)c2nc(C)cc(=O)[nH]2)C1. The van der Waals surface area contributed by atoms with Gasteiger partial charge in [-0.2, -0.15) is 0 Å². The zero-order chi connectivity index (χ0) is 16.4. The Kier molecular flexibility index (Phi) is 4.61. The summed E-state index contributed by atoms with van der Waals surface area (Å²) in [4.78, 5) is 26.0. The van der Waals surface area contributed by atoms with Crippen molar-refractivity contribution in [2.45, 2.75) is 52.1 Å². The number of rotatable bonds is 4. The normalized spacial score (nSPS) is 20.6. The summed E-state index contributed by atoms with van der Waals surface area (Å²) >= 11 is 0. The lowest BCUT2D eigenvalue weighted by Gasteiger charge is -2.37. The van der Waals surface area contributed by atoms with Gasteiger partial charge in [0.1, 0.15) is 11.6 Å². The smallest absolute Gasteiger partial charge is 0.251 e. The van der Waals surface area contributed by atoms with E-state index in [1.165, 1.54) is 12.5 Å². The predicted molar refractivity (Wildman–Crippen MR) is 89.5 cm³/mol. The van der Waals surface area contributed by atoms with E-state index in [1.807, 2.05) is 13.1 Å². The van der Waals surface area contributed by atoms with E-state index >= 15 is 0 Å². The third kappa shape index (κ3) is 3.37. The second-order valence-electron chi connectivity index (χ2n) is 6.34. The molecule has 23 heavy (non-hydrogen) atoms. The molecule has 0 radical (unpaired) electrons. The minimum absolute atomic E-state index is 0.0733. The molecule has 6 heteroatoms. The summed E-state index contributed by atoms with van der Waals surface area (Å²) in [5.41, 5.74) is 0.697. The van der Waals surface area contributed by atoms with Crippen molar-refractivity contribution in [2.75, 3.05) is 13.1 Å². The first-order valence-corrected chi connectivity index (χ1v) is 8.42. The van der Waals surface area contributed by atoms with E-state index < -0.39 is 0 Å². The molecular weight excluding hydrogens is 290 g/mol. The first-order valence-electron chi connectivity index (χ1n) is 8.42. The number of likely N-dealkylation sites (tertiary alicyclic amines) is 1. The summed E-state index contributed by atoms with van der Waals surface area (Å²) in [6.07, 6.45) is 7.24. The van der Waals surface area contributed by atoms with Crippen LogP contribution >= 0.6 is 0 Å². The largest absolute Gasteiger partial charge is 0.331 e.